The fourth-order valence-corrected chi connectivity index (χ4v) is 3.19. The summed E-state index contributed by atoms with van der Waals surface area (Å²) >= 11 is 0. The number of carboxylic acid groups (broad SMARTS) is 1. The summed E-state index contributed by atoms with van der Waals surface area (Å²) in [7, 11) is -3.97. The smallest absolute Gasteiger partial charge is 0.321 e. The molecule has 0 aromatic heterocycles. The van der Waals surface area contributed by atoms with Gasteiger partial charge in [-0.2, -0.15) is 5.26 Å². The molecule has 0 bridgehead atoms. The van der Waals surface area contributed by atoms with Gasteiger partial charge >= 0.3 is 5.97 Å². The lowest BCUT2D eigenvalue weighted by molar-refractivity contribution is -0.140. The molecule has 1 aromatic carbocycles. The molecule has 0 heterocycles. The largest absolute Gasteiger partial charge is 0.480 e. The van der Waals surface area contributed by atoms with E-state index in [1.165, 1.54) is 6.07 Å². The van der Waals surface area contributed by atoms with E-state index in [1.54, 1.807) is 19.9 Å². The Hall–Kier alpha value is -1.98. The topological polar surface area (TPSA) is 107 Å². The molecule has 114 valence electrons. The number of benzene rings is 1. The Morgan fingerprint density at radius 3 is 2.57 bits per heavy atom. The number of nitrogens with zero attached hydrogens (tertiary/aromatic N) is 1. The van der Waals surface area contributed by atoms with Crippen molar-refractivity contribution in [3.05, 3.63) is 35.1 Å². The van der Waals surface area contributed by atoms with E-state index in [1.807, 2.05) is 0 Å². The lowest BCUT2D eigenvalue weighted by Crippen LogP contribution is -2.44. The molecule has 1 unspecified atom stereocenters. The average Bonchev–Trinajstić information content (AvgIpc) is 2.37. The Morgan fingerprint density at radius 2 is 2.10 bits per heavy atom. The summed E-state index contributed by atoms with van der Waals surface area (Å²) in [6, 6.07) is 3.62. The maximum absolute atomic E-state index is 13.0. The zero-order valence-electron chi connectivity index (χ0n) is 11.5. The van der Waals surface area contributed by atoms with Crippen molar-refractivity contribution in [2.75, 3.05) is 0 Å². The van der Waals surface area contributed by atoms with Gasteiger partial charge in [0, 0.05) is 0 Å². The molecule has 0 aliphatic rings. The molecule has 21 heavy (non-hydrogen) atoms. The van der Waals surface area contributed by atoms with Crippen LogP contribution in [0.4, 0.5) is 4.39 Å². The van der Waals surface area contributed by atoms with Crippen molar-refractivity contribution >= 4 is 16.0 Å². The van der Waals surface area contributed by atoms with Crippen LogP contribution in [0.1, 0.15) is 25.0 Å². The second-order valence-electron chi connectivity index (χ2n) is 4.85. The highest BCUT2D eigenvalue weighted by atomic mass is 32.2. The molecule has 0 radical (unpaired) electrons. The molecule has 0 saturated carbocycles. The number of carbonyl (C=O) groups is 1. The van der Waals surface area contributed by atoms with Gasteiger partial charge in [0.1, 0.15) is 11.9 Å². The normalized spacial score (nSPS) is 12.9. The second-order valence-corrected chi connectivity index (χ2v) is 6.60. The van der Waals surface area contributed by atoms with E-state index in [0.29, 0.717) is 0 Å². The monoisotopic (exact) mass is 314 g/mol. The SMILES string of the molecule is CC(C)C(NS(=O)(=O)Cc1ccc(F)cc1C#N)C(=O)O. The van der Waals surface area contributed by atoms with Gasteiger partial charge in [0.25, 0.3) is 0 Å². The van der Waals surface area contributed by atoms with Crippen molar-refractivity contribution in [2.45, 2.75) is 25.6 Å². The van der Waals surface area contributed by atoms with Crippen LogP contribution in [0, 0.1) is 23.1 Å². The molecule has 1 aromatic rings. The molecule has 1 atom stereocenters. The number of aliphatic carboxylic acids is 1. The number of hydrogen-bond donors (Lipinski definition) is 2. The molecule has 0 spiro atoms. The van der Waals surface area contributed by atoms with Gasteiger partial charge in [-0.15, -0.1) is 0 Å². The highest BCUT2D eigenvalue weighted by Crippen LogP contribution is 2.14. The van der Waals surface area contributed by atoms with Gasteiger partial charge in [0.05, 0.1) is 17.4 Å². The maximum Gasteiger partial charge on any atom is 0.321 e. The summed E-state index contributed by atoms with van der Waals surface area (Å²) in [6.45, 7) is 3.14. The van der Waals surface area contributed by atoms with Gasteiger partial charge in [-0.1, -0.05) is 19.9 Å². The van der Waals surface area contributed by atoms with Crippen molar-refractivity contribution < 1.29 is 22.7 Å². The van der Waals surface area contributed by atoms with Crippen molar-refractivity contribution in [3.63, 3.8) is 0 Å². The zero-order valence-corrected chi connectivity index (χ0v) is 12.3. The first-order valence-corrected chi connectivity index (χ1v) is 7.73. The van der Waals surface area contributed by atoms with E-state index in [2.05, 4.69) is 4.72 Å². The molecule has 0 saturated heterocycles. The van der Waals surface area contributed by atoms with Crippen LogP contribution >= 0.6 is 0 Å². The third kappa shape index (κ3) is 4.81. The number of rotatable bonds is 6. The first-order chi connectivity index (χ1) is 9.66. The minimum Gasteiger partial charge on any atom is -0.480 e. The van der Waals surface area contributed by atoms with Crippen LogP contribution in [0.25, 0.3) is 0 Å². The van der Waals surface area contributed by atoms with Crippen molar-refractivity contribution in [2.24, 2.45) is 5.92 Å². The number of hydrogen-bond acceptors (Lipinski definition) is 4. The van der Waals surface area contributed by atoms with Gasteiger partial charge < -0.3 is 5.11 Å². The van der Waals surface area contributed by atoms with E-state index < -0.39 is 39.5 Å². The van der Waals surface area contributed by atoms with Crippen LogP contribution in [-0.4, -0.2) is 25.5 Å². The van der Waals surface area contributed by atoms with Gasteiger partial charge in [-0.3, -0.25) is 4.79 Å². The Bertz CT molecular complexity index is 680. The predicted octanol–water partition coefficient (Wildman–Crippen LogP) is 1.23. The van der Waals surface area contributed by atoms with Crippen LogP contribution in [-0.2, 0) is 20.6 Å². The molecule has 0 aliphatic carbocycles. The van der Waals surface area contributed by atoms with Crippen LogP contribution in [0.15, 0.2) is 18.2 Å². The first kappa shape index (κ1) is 17.1. The van der Waals surface area contributed by atoms with E-state index in [4.69, 9.17) is 10.4 Å². The summed E-state index contributed by atoms with van der Waals surface area (Å²) in [5.74, 6) is -2.97. The average molecular weight is 314 g/mol. The molecule has 0 fully saturated rings. The lowest BCUT2D eigenvalue weighted by atomic mass is 10.1. The van der Waals surface area contributed by atoms with Gasteiger partial charge in [-0.25, -0.2) is 17.5 Å². The second kappa shape index (κ2) is 6.65. The molecule has 0 amide bonds. The molecule has 0 aliphatic heterocycles. The van der Waals surface area contributed by atoms with Gasteiger partial charge in [0.15, 0.2) is 0 Å². The summed E-state index contributed by atoms with van der Waals surface area (Å²) < 4.78 is 39.1. The van der Waals surface area contributed by atoms with Crippen LogP contribution in [0.5, 0.6) is 0 Å². The molecular weight excluding hydrogens is 299 g/mol. The van der Waals surface area contributed by atoms with Crippen LogP contribution < -0.4 is 4.72 Å². The van der Waals surface area contributed by atoms with E-state index in [0.717, 1.165) is 12.1 Å². The number of halogens is 1. The highest BCUT2D eigenvalue weighted by molar-refractivity contribution is 7.88. The third-order valence-electron chi connectivity index (χ3n) is 2.78. The Kier molecular flexibility index (Phi) is 5.41. The highest BCUT2D eigenvalue weighted by Gasteiger charge is 2.27. The predicted molar refractivity (Wildman–Crippen MR) is 73.1 cm³/mol. The molecule has 8 heteroatoms. The molecule has 2 N–H and O–H groups in total. The quantitative estimate of drug-likeness (QED) is 0.821. The summed E-state index contributed by atoms with van der Waals surface area (Å²) in [4.78, 5) is 11.0. The van der Waals surface area contributed by atoms with Crippen molar-refractivity contribution in [3.8, 4) is 6.07 Å². The van der Waals surface area contributed by atoms with Crippen molar-refractivity contribution in [1.82, 2.24) is 4.72 Å². The number of nitrogens with one attached hydrogen (secondary N) is 1. The summed E-state index contributed by atoms with van der Waals surface area (Å²) in [5, 5.41) is 17.9. The Balaban J connectivity index is 3.01. The minimum atomic E-state index is -3.97. The van der Waals surface area contributed by atoms with Crippen molar-refractivity contribution in [1.29, 1.82) is 5.26 Å². The number of nitriles is 1. The fraction of sp³-hybridized carbons (Fsp3) is 0.385. The lowest BCUT2D eigenvalue weighted by Gasteiger charge is -2.18. The Morgan fingerprint density at radius 1 is 1.48 bits per heavy atom. The van der Waals surface area contributed by atoms with Gasteiger partial charge in [0.2, 0.25) is 10.0 Å². The zero-order chi connectivity index (χ0) is 16.2. The Labute approximate surface area is 122 Å². The van der Waals surface area contributed by atoms with Crippen LogP contribution in [0.2, 0.25) is 0 Å². The number of sulfonamides is 1. The summed E-state index contributed by atoms with van der Waals surface area (Å²) in [5.41, 5.74) is 0.0103. The summed E-state index contributed by atoms with van der Waals surface area (Å²) in [6.07, 6.45) is 0. The first-order valence-electron chi connectivity index (χ1n) is 6.07. The number of carboxylic acids is 1. The molecule has 6 nitrogen and oxygen atoms in total. The fourth-order valence-electron chi connectivity index (χ4n) is 1.69. The van der Waals surface area contributed by atoms with E-state index in [-0.39, 0.29) is 11.1 Å². The standard InChI is InChI=1S/C13H15FN2O4S/c1-8(2)12(13(17)18)16-21(19,20)7-9-3-4-11(14)5-10(9)6-15/h3-5,8,12,16H,7H2,1-2H3,(H,17,18). The minimum absolute atomic E-state index is 0.100. The molecular formula is C13H15FN2O4S. The van der Waals surface area contributed by atoms with Crippen LogP contribution in [0.3, 0.4) is 0 Å². The van der Waals surface area contributed by atoms with E-state index in [9.17, 15) is 17.6 Å². The maximum atomic E-state index is 13.0. The van der Waals surface area contributed by atoms with Gasteiger partial charge in [-0.05, 0) is 23.6 Å². The van der Waals surface area contributed by atoms with E-state index >= 15 is 0 Å². The third-order valence-corrected chi connectivity index (χ3v) is 4.08. The molecule has 1 rings (SSSR count).